The van der Waals surface area contributed by atoms with Crippen LogP contribution in [0.15, 0.2) is 23.5 Å². The number of rotatable bonds is 1. The van der Waals surface area contributed by atoms with Gasteiger partial charge in [-0.25, -0.2) is 4.99 Å². The van der Waals surface area contributed by atoms with Crippen molar-refractivity contribution in [1.29, 1.82) is 0 Å². The van der Waals surface area contributed by atoms with E-state index < -0.39 is 11.7 Å². The minimum Gasteiger partial charge on any atom is -0.475 e. The summed E-state index contributed by atoms with van der Waals surface area (Å²) in [5, 5.41) is 0. The van der Waals surface area contributed by atoms with Gasteiger partial charge in [0.2, 0.25) is 5.90 Å². The molecule has 1 aliphatic heterocycles. The lowest BCUT2D eigenvalue weighted by atomic mass is 10.1. The van der Waals surface area contributed by atoms with E-state index in [-0.39, 0.29) is 11.5 Å². The number of nitrogens with zero attached hydrogens (tertiary/aromatic N) is 2. The number of alkyl halides is 3. The maximum atomic E-state index is 12.6. The summed E-state index contributed by atoms with van der Waals surface area (Å²) in [7, 11) is 0. The topological polar surface area (TPSA) is 34.5 Å². The number of hydrogen-bond donors (Lipinski definition) is 0. The van der Waals surface area contributed by atoms with Crippen LogP contribution in [0.4, 0.5) is 13.2 Å². The maximum absolute atomic E-state index is 12.6. The molecule has 0 fully saturated rings. The van der Waals surface area contributed by atoms with Gasteiger partial charge < -0.3 is 4.74 Å². The number of halogens is 3. The molecule has 0 amide bonds. The largest absolute Gasteiger partial charge is 0.475 e. The molecule has 15 heavy (non-hydrogen) atoms. The van der Waals surface area contributed by atoms with Gasteiger partial charge in [-0.15, -0.1) is 0 Å². The Balaban J connectivity index is 2.47. The summed E-state index contributed by atoms with van der Waals surface area (Å²) in [6.45, 7) is 0.711. The third-order valence-electron chi connectivity index (χ3n) is 1.94. The van der Waals surface area contributed by atoms with E-state index in [0.717, 1.165) is 18.5 Å². The minimum absolute atomic E-state index is 0.0235. The van der Waals surface area contributed by atoms with Crippen molar-refractivity contribution < 1.29 is 17.9 Å². The van der Waals surface area contributed by atoms with Crippen LogP contribution in [0, 0.1) is 0 Å². The monoisotopic (exact) mass is 216 g/mol. The summed E-state index contributed by atoms with van der Waals surface area (Å²) < 4.78 is 42.7. The predicted molar refractivity (Wildman–Crippen MR) is 46.6 cm³/mol. The summed E-state index contributed by atoms with van der Waals surface area (Å²) in [5.41, 5.74) is -0.861. The van der Waals surface area contributed by atoms with E-state index in [4.69, 9.17) is 4.74 Å². The van der Waals surface area contributed by atoms with Crippen LogP contribution in [-0.4, -0.2) is 24.0 Å². The van der Waals surface area contributed by atoms with Gasteiger partial charge in [-0.2, -0.15) is 13.2 Å². The Morgan fingerprint density at radius 1 is 1.33 bits per heavy atom. The van der Waals surface area contributed by atoms with Crippen molar-refractivity contribution in [3.63, 3.8) is 0 Å². The van der Waals surface area contributed by atoms with Crippen molar-refractivity contribution in [1.82, 2.24) is 4.98 Å². The van der Waals surface area contributed by atoms with Gasteiger partial charge in [-0.1, -0.05) is 0 Å². The van der Waals surface area contributed by atoms with Gasteiger partial charge >= 0.3 is 6.18 Å². The molecule has 1 aliphatic rings. The smallest absolute Gasteiger partial charge is 0.417 e. The number of aliphatic imine (C=N–C) groups is 1. The first-order valence-electron chi connectivity index (χ1n) is 4.28. The van der Waals surface area contributed by atoms with Crippen LogP contribution in [0.5, 0.6) is 0 Å². The molecule has 0 spiro atoms. The number of ether oxygens (including phenoxy) is 1. The molecular weight excluding hydrogens is 209 g/mol. The van der Waals surface area contributed by atoms with Crippen molar-refractivity contribution in [3.05, 3.63) is 29.6 Å². The Labute approximate surface area is 83.6 Å². The first-order valence-corrected chi connectivity index (χ1v) is 4.28. The molecule has 0 aliphatic carbocycles. The highest BCUT2D eigenvalue weighted by molar-refractivity contribution is 5.96. The van der Waals surface area contributed by atoms with E-state index in [1.807, 2.05) is 0 Å². The third kappa shape index (κ3) is 1.93. The lowest BCUT2D eigenvalue weighted by Gasteiger charge is -2.11. The Kier molecular flexibility index (Phi) is 2.34. The Morgan fingerprint density at radius 3 is 2.73 bits per heavy atom. The van der Waals surface area contributed by atoms with Crippen molar-refractivity contribution >= 4 is 5.90 Å². The second kappa shape index (κ2) is 3.52. The highest BCUT2D eigenvalue weighted by Crippen LogP contribution is 2.32. The average molecular weight is 216 g/mol. The standard InChI is InChI=1S/C9H7F3N2O/c10-9(11,12)7-1-2-13-5-6(7)8-14-3-4-15-8/h1-2,5H,3-4H2. The predicted octanol–water partition coefficient (Wildman–Crippen LogP) is 1.88. The van der Waals surface area contributed by atoms with Crippen molar-refractivity contribution in [2.75, 3.05) is 13.2 Å². The number of hydrogen-bond acceptors (Lipinski definition) is 3. The first-order chi connectivity index (χ1) is 7.09. The zero-order valence-electron chi connectivity index (χ0n) is 7.58. The summed E-state index contributed by atoms with van der Waals surface area (Å²) in [6.07, 6.45) is -2.19. The first kappa shape index (κ1) is 9.95. The molecule has 0 saturated carbocycles. The normalized spacial score (nSPS) is 16.1. The van der Waals surface area contributed by atoms with Crippen LogP contribution in [0.3, 0.4) is 0 Å². The van der Waals surface area contributed by atoms with Gasteiger partial charge in [0, 0.05) is 12.4 Å². The fourth-order valence-corrected chi connectivity index (χ4v) is 1.31. The lowest BCUT2D eigenvalue weighted by molar-refractivity contribution is -0.137. The molecule has 1 aromatic rings. The molecule has 0 atom stereocenters. The van der Waals surface area contributed by atoms with Crippen LogP contribution in [0.25, 0.3) is 0 Å². The molecule has 2 heterocycles. The minimum atomic E-state index is -4.41. The number of pyridine rings is 1. The number of aromatic nitrogens is 1. The molecule has 6 heteroatoms. The summed E-state index contributed by atoms with van der Waals surface area (Å²) >= 11 is 0. The molecule has 1 aromatic heterocycles. The van der Waals surface area contributed by atoms with Gasteiger partial charge in [0.15, 0.2) is 0 Å². The second-order valence-corrected chi connectivity index (χ2v) is 2.95. The van der Waals surface area contributed by atoms with E-state index >= 15 is 0 Å². The summed E-state index contributed by atoms with van der Waals surface area (Å²) in [4.78, 5) is 7.48. The highest BCUT2D eigenvalue weighted by Gasteiger charge is 2.35. The lowest BCUT2D eigenvalue weighted by Crippen LogP contribution is -2.14. The van der Waals surface area contributed by atoms with E-state index in [2.05, 4.69) is 9.98 Å². The van der Waals surface area contributed by atoms with E-state index in [1.54, 1.807) is 0 Å². The summed E-state index contributed by atoms with van der Waals surface area (Å²) in [5.74, 6) is 0.0235. The molecule has 0 radical (unpaired) electrons. The molecule has 80 valence electrons. The molecule has 0 aromatic carbocycles. The van der Waals surface area contributed by atoms with Crippen molar-refractivity contribution in [2.24, 2.45) is 4.99 Å². The zero-order chi connectivity index (χ0) is 10.9. The molecule has 0 saturated heterocycles. The third-order valence-corrected chi connectivity index (χ3v) is 1.94. The van der Waals surface area contributed by atoms with Crippen molar-refractivity contribution in [2.45, 2.75) is 6.18 Å². The van der Waals surface area contributed by atoms with Gasteiger partial charge in [-0.3, -0.25) is 4.98 Å². The SMILES string of the molecule is FC(F)(F)c1ccncc1C1=NCCO1. The van der Waals surface area contributed by atoms with Gasteiger partial charge in [0.1, 0.15) is 6.61 Å². The zero-order valence-corrected chi connectivity index (χ0v) is 7.58. The van der Waals surface area contributed by atoms with Gasteiger partial charge in [0.25, 0.3) is 0 Å². The fourth-order valence-electron chi connectivity index (χ4n) is 1.31. The Bertz CT molecular complexity index is 401. The van der Waals surface area contributed by atoms with Crippen LogP contribution in [0.1, 0.15) is 11.1 Å². The van der Waals surface area contributed by atoms with E-state index in [0.29, 0.717) is 13.2 Å². The van der Waals surface area contributed by atoms with Crippen LogP contribution in [0.2, 0.25) is 0 Å². The molecule has 0 N–H and O–H groups in total. The molecule has 0 bridgehead atoms. The van der Waals surface area contributed by atoms with E-state index in [1.165, 1.54) is 0 Å². The van der Waals surface area contributed by atoms with Gasteiger partial charge in [-0.05, 0) is 6.07 Å². The molecule has 0 unspecified atom stereocenters. The quantitative estimate of drug-likeness (QED) is 0.718. The highest BCUT2D eigenvalue weighted by atomic mass is 19.4. The van der Waals surface area contributed by atoms with Crippen molar-refractivity contribution in [3.8, 4) is 0 Å². The molecule has 2 rings (SSSR count). The van der Waals surface area contributed by atoms with Gasteiger partial charge in [0.05, 0.1) is 17.7 Å². The van der Waals surface area contributed by atoms with Crippen LogP contribution in [-0.2, 0) is 10.9 Å². The average Bonchev–Trinajstić information content (AvgIpc) is 2.69. The Morgan fingerprint density at radius 2 is 2.13 bits per heavy atom. The molecular formula is C9H7F3N2O. The maximum Gasteiger partial charge on any atom is 0.417 e. The second-order valence-electron chi connectivity index (χ2n) is 2.95. The van der Waals surface area contributed by atoms with Crippen LogP contribution < -0.4 is 0 Å². The molecule has 3 nitrogen and oxygen atoms in total. The summed E-state index contributed by atoms with van der Waals surface area (Å²) in [6, 6.07) is 0.916. The van der Waals surface area contributed by atoms with Crippen LogP contribution >= 0.6 is 0 Å². The fraction of sp³-hybridized carbons (Fsp3) is 0.333. The van der Waals surface area contributed by atoms with E-state index in [9.17, 15) is 13.2 Å². The Hall–Kier alpha value is -1.59.